The van der Waals surface area contributed by atoms with Gasteiger partial charge in [-0.3, -0.25) is 28.6 Å². The van der Waals surface area contributed by atoms with Gasteiger partial charge in [-0.1, -0.05) is 25.7 Å². The molecule has 0 atom stereocenters. The van der Waals surface area contributed by atoms with Gasteiger partial charge >= 0.3 is 0 Å². The average Bonchev–Trinajstić information content (AvgIpc) is 4.07. The lowest BCUT2D eigenvalue weighted by molar-refractivity contribution is -0.125. The highest BCUT2D eigenvalue weighted by Gasteiger charge is 2.53. The van der Waals surface area contributed by atoms with Crippen LogP contribution in [-0.2, 0) is 11.8 Å². The van der Waals surface area contributed by atoms with Crippen LogP contribution in [0.25, 0.3) is 11.0 Å². The summed E-state index contributed by atoms with van der Waals surface area (Å²) in [5, 5.41) is 13.4. The summed E-state index contributed by atoms with van der Waals surface area (Å²) in [5.74, 6) is 1.73. The number of carbonyl (C=O) groups excluding carboxylic acids is 3. The van der Waals surface area contributed by atoms with Crippen molar-refractivity contribution in [2.75, 3.05) is 53.6 Å². The normalized spacial score (nSPS) is 22.3. The van der Waals surface area contributed by atoms with Crippen molar-refractivity contribution in [3.63, 3.8) is 0 Å². The first-order chi connectivity index (χ1) is 31.9. The van der Waals surface area contributed by atoms with Crippen molar-refractivity contribution in [3.8, 4) is 0 Å². The Morgan fingerprint density at radius 2 is 1.58 bits per heavy atom. The number of carbonyl (C=O) groups is 3. The Morgan fingerprint density at radius 3 is 2.29 bits per heavy atom. The molecule has 0 bridgehead atoms. The fraction of sp³-hybridized carbons (Fsp3) is 0.521. The van der Waals surface area contributed by atoms with Crippen molar-refractivity contribution in [1.29, 1.82) is 0 Å². The molecule has 5 aliphatic rings. The first-order valence-corrected chi connectivity index (χ1v) is 23.6. The van der Waals surface area contributed by atoms with Crippen LogP contribution >= 0.6 is 0 Å². The summed E-state index contributed by atoms with van der Waals surface area (Å²) >= 11 is 0. The molecule has 66 heavy (non-hydrogen) atoms. The van der Waals surface area contributed by atoms with E-state index in [0.717, 1.165) is 102 Å². The number of nitrogens with zero attached hydrogens (tertiary/aromatic N) is 9. The molecule has 1 aliphatic heterocycles. The van der Waals surface area contributed by atoms with Crippen LogP contribution in [0.15, 0.2) is 47.7 Å². The average molecular weight is 900 g/mol. The highest BCUT2D eigenvalue weighted by atomic mass is 19.1. The Bertz CT molecular complexity index is 2720. The number of hydrogen-bond donors (Lipinski definition) is 4. The van der Waals surface area contributed by atoms with Gasteiger partial charge in [-0.25, -0.2) is 19.9 Å². The number of Topliss-reactive ketones (excluding diaryl/α,β-unsaturated/α-hetero) is 1. The van der Waals surface area contributed by atoms with E-state index in [-0.39, 0.29) is 63.6 Å². The zero-order chi connectivity index (χ0) is 45.7. The minimum atomic E-state index is -0.651. The Kier molecular flexibility index (Phi) is 11.8. The molecular formula is C48H58FN13O4. The number of halogens is 1. The van der Waals surface area contributed by atoms with Crippen LogP contribution in [-0.4, -0.2) is 101 Å². The number of aryl methyl sites for hydroxylation is 2. The quantitative estimate of drug-likeness (QED) is 0.0750. The highest BCUT2D eigenvalue weighted by Crippen LogP contribution is 2.56. The van der Waals surface area contributed by atoms with E-state index in [2.05, 4.69) is 46.0 Å². The molecule has 10 rings (SSSR count). The number of aromatic nitrogens is 7. The number of imidazole rings is 1. The maximum atomic E-state index is 14.3. The van der Waals surface area contributed by atoms with E-state index < -0.39 is 5.95 Å². The first-order valence-electron chi connectivity index (χ1n) is 23.6. The van der Waals surface area contributed by atoms with E-state index >= 15 is 0 Å². The van der Waals surface area contributed by atoms with E-state index in [1.165, 1.54) is 31.9 Å². The monoisotopic (exact) mass is 899 g/mol. The zero-order valence-corrected chi connectivity index (χ0v) is 37.9. The molecular weight excluding hydrogens is 842 g/mol. The molecule has 0 radical (unpaired) electrons. The van der Waals surface area contributed by atoms with Crippen molar-refractivity contribution in [2.45, 2.75) is 115 Å². The molecule has 0 unspecified atom stereocenters. The molecule has 4 saturated carbocycles. The van der Waals surface area contributed by atoms with Crippen LogP contribution in [0.3, 0.4) is 0 Å². The Morgan fingerprint density at radius 1 is 0.848 bits per heavy atom. The molecule has 17 nitrogen and oxygen atoms in total. The minimum Gasteiger partial charge on any atom is -0.368 e. The van der Waals surface area contributed by atoms with E-state index in [1.807, 2.05) is 36.1 Å². The molecule has 18 heteroatoms. The molecule has 5 fully saturated rings. The Hall–Kier alpha value is -6.30. The number of ketones is 1. The molecule has 1 saturated heterocycles. The lowest BCUT2D eigenvalue weighted by Gasteiger charge is -2.58. The summed E-state index contributed by atoms with van der Waals surface area (Å²) in [7, 11) is 1.95. The minimum absolute atomic E-state index is 0.00403. The van der Waals surface area contributed by atoms with Gasteiger partial charge in [-0.2, -0.15) is 9.37 Å². The second-order valence-electron chi connectivity index (χ2n) is 19.4. The standard InChI is InChI=1S/C48H58FN13O4/c1-28-36-25-51-47(58-44(36)62(33-10-6-7-11-33)46(66)41(28)29(2)63)57-38-15-12-34(24-50-38)61-18-16-60(17-19-61)27-40(64)52-31-20-48(21-31)22-32(23-48)53-42-35(13-14-37(49)54-42)45(65)56-39-26-59(3)43(55-39)30-8-4-5-9-30/h12-15,24-26,30-33H,4-11,16-23,27H2,1-3H3,(H,52,64)(H,53,54)(H,56,65)(H,50,51,57,58). The van der Waals surface area contributed by atoms with Crippen LogP contribution in [0.5, 0.6) is 0 Å². The number of fused-ring (bicyclic) bond motifs is 1. The summed E-state index contributed by atoms with van der Waals surface area (Å²) in [4.78, 5) is 79.7. The van der Waals surface area contributed by atoms with Crippen molar-refractivity contribution >= 4 is 57.7 Å². The predicted octanol–water partition coefficient (Wildman–Crippen LogP) is 6.40. The van der Waals surface area contributed by atoms with Gasteiger partial charge in [0, 0.05) is 75.1 Å². The fourth-order valence-corrected chi connectivity index (χ4v) is 11.4. The first kappa shape index (κ1) is 43.6. The number of nitrogens with one attached hydrogen (secondary N) is 4. The lowest BCUT2D eigenvalue weighted by atomic mass is 9.52. The van der Waals surface area contributed by atoms with Crippen LogP contribution < -0.4 is 31.7 Å². The third-order valence-electron chi connectivity index (χ3n) is 14.7. The number of rotatable bonds is 13. The SMILES string of the molecule is CC(=O)c1c(C)c2cnc(Nc3ccc(N4CCN(CC(=O)NC5CC6(C5)CC(Nc5nc(F)ccc5C(=O)Nc5cn(C)c(C7CCCC7)n5)C6)CC4)cn3)nc2n(C2CCCC2)c1=O. The largest absolute Gasteiger partial charge is 0.368 e. The molecule has 4 N–H and O–H groups in total. The van der Waals surface area contributed by atoms with Crippen LogP contribution in [0.4, 0.5) is 33.5 Å². The smallest absolute Gasteiger partial charge is 0.263 e. The molecule has 2 amide bonds. The van der Waals surface area contributed by atoms with Crippen LogP contribution in [0.1, 0.15) is 128 Å². The second kappa shape index (κ2) is 17.8. The molecule has 1 spiro atoms. The Balaban J connectivity index is 0.669. The molecule has 6 heterocycles. The van der Waals surface area contributed by atoms with Gasteiger partial charge in [0.1, 0.15) is 23.1 Å². The second-order valence-corrected chi connectivity index (χ2v) is 19.4. The summed E-state index contributed by atoms with van der Waals surface area (Å²) in [6, 6.07) is 6.73. The maximum Gasteiger partial charge on any atom is 0.263 e. The van der Waals surface area contributed by atoms with Gasteiger partial charge in [0.15, 0.2) is 11.6 Å². The van der Waals surface area contributed by atoms with Crippen LogP contribution in [0.2, 0.25) is 0 Å². The van der Waals surface area contributed by atoms with Gasteiger partial charge in [0.2, 0.25) is 17.8 Å². The van der Waals surface area contributed by atoms with Gasteiger partial charge < -0.3 is 30.7 Å². The van der Waals surface area contributed by atoms with Gasteiger partial charge in [-0.15, -0.1) is 0 Å². The maximum absolute atomic E-state index is 14.3. The summed E-state index contributed by atoms with van der Waals surface area (Å²) in [6.45, 7) is 6.55. The van der Waals surface area contributed by atoms with E-state index in [1.54, 1.807) is 17.7 Å². The van der Waals surface area contributed by atoms with Crippen molar-refractivity contribution in [2.24, 2.45) is 12.5 Å². The summed E-state index contributed by atoms with van der Waals surface area (Å²) < 4.78 is 18.0. The molecule has 5 aromatic heterocycles. The summed E-state index contributed by atoms with van der Waals surface area (Å²) in [5.41, 5.74) is 2.43. The number of piperazine rings is 1. The third kappa shape index (κ3) is 8.74. The molecule has 0 aromatic carbocycles. The Labute approximate surface area is 382 Å². The van der Waals surface area contributed by atoms with E-state index in [0.29, 0.717) is 46.6 Å². The van der Waals surface area contributed by atoms with Crippen molar-refractivity contribution < 1.29 is 18.8 Å². The lowest BCUT2D eigenvalue weighted by Crippen LogP contribution is -2.60. The third-order valence-corrected chi connectivity index (χ3v) is 14.7. The fourth-order valence-electron chi connectivity index (χ4n) is 11.4. The predicted molar refractivity (Wildman–Crippen MR) is 249 cm³/mol. The number of pyridine rings is 3. The van der Waals surface area contributed by atoms with E-state index in [9.17, 15) is 23.6 Å². The molecule has 5 aromatic rings. The number of anilines is 5. The van der Waals surface area contributed by atoms with Crippen molar-refractivity contribution in [3.05, 3.63) is 81.7 Å². The highest BCUT2D eigenvalue weighted by molar-refractivity contribution is 6.07. The topological polar surface area (TPSA) is 197 Å². The molecule has 346 valence electrons. The number of hydrogen-bond acceptors (Lipinski definition) is 13. The van der Waals surface area contributed by atoms with Gasteiger partial charge in [0.25, 0.3) is 11.5 Å². The van der Waals surface area contributed by atoms with E-state index in [4.69, 9.17) is 9.97 Å². The molecule has 4 aliphatic carbocycles. The van der Waals surface area contributed by atoms with Crippen LogP contribution in [0, 0.1) is 18.3 Å². The summed E-state index contributed by atoms with van der Waals surface area (Å²) in [6.07, 6.45) is 17.2. The number of amides is 2. The zero-order valence-electron chi connectivity index (χ0n) is 37.9. The van der Waals surface area contributed by atoms with Gasteiger partial charge in [0.05, 0.1) is 29.6 Å². The van der Waals surface area contributed by atoms with Crippen molar-refractivity contribution in [1.82, 2.24) is 44.3 Å². The van der Waals surface area contributed by atoms with Gasteiger partial charge in [-0.05, 0) is 100 Å².